The monoisotopic (exact) mass is 404 g/mol. The molecule has 9 heteroatoms. The Morgan fingerprint density at radius 1 is 1.13 bits per heavy atom. The molecule has 2 heterocycles. The Kier molecular flexibility index (Phi) is 5.33. The SMILES string of the molecule is COc1ccccc1Nc1ncccc1C(=O)Nc1ccc(-n2cncn2)c(F)c1. The van der Waals surface area contributed by atoms with Gasteiger partial charge < -0.3 is 15.4 Å². The van der Waals surface area contributed by atoms with Crippen molar-refractivity contribution in [1.82, 2.24) is 19.7 Å². The number of hydrogen-bond donors (Lipinski definition) is 2. The van der Waals surface area contributed by atoms with E-state index < -0.39 is 11.7 Å². The van der Waals surface area contributed by atoms with Crippen molar-refractivity contribution >= 4 is 23.1 Å². The molecule has 0 fully saturated rings. The highest BCUT2D eigenvalue weighted by Crippen LogP contribution is 2.28. The molecule has 0 aliphatic carbocycles. The Balaban J connectivity index is 1.57. The highest BCUT2D eigenvalue weighted by Gasteiger charge is 2.15. The third kappa shape index (κ3) is 3.95. The molecule has 2 aromatic heterocycles. The highest BCUT2D eigenvalue weighted by molar-refractivity contribution is 6.07. The van der Waals surface area contributed by atoms with Crippen LogP contribution in [0.15, 0.2) is 73.4 Å². The first-order valence-corrected chi connectivity index (χ1v) is 8.96. The predicted octanol–water partition coefficient (Wildman–Crippen LogP) is 3.81. The Labute approximate surface area is 171 Å². The minimum Gasteiger partial charge on any atom is -0.495 e. The van der Waals surface area contributed by atoms with Crippen LogP contribution in [0.25, 0.3) is 5.69 Å². The number of pyridine rings is 1. The van der Waals surface area contributed by atoms with E-state index in [1.807, 2.05) is 18.2 Å². The van der Waals surface area contributed by atoms with Crippen LogP contribution < -0.4 is 15.4 Å². The molecule has 0 saturated heterocycles. The summed E-state index contributed by atoms with van der Waals surface area (Å²) in [7, 11) is 1.56. The maximum atomic E-state index is 14.4. The number of amides is 1. The summed E-state index contributed by atoms with van der Waals surface area (Å²) in [6.45, 7) is 0. The molecule has 0 bridgehead atoms. The van der Waals surface area contributed by atoms with Gasteiger partial charge in [-0.05, 0) is 42.5 Å². The van der Waals surface area contributed by atoms with Gasteiger partial charge in [0.1, 0.15) is 29.9 Å². The van der Waals surface area contributed by atoms with Gasteiger partial charge in [-0.15, -0.1) is 0 Å². The molecular formula is C21H17FN6O2. The van der Waals surface area contributed by atoms with Crippen molar-refractivity contribution in [3.8, 4) is 11.4 Å². The van der Waals surface area contributed by atoms with E-state index in [0.717, 1.165) is 0 Å². The molecule has 0 atom stereocenters. The van der Waals surface area contributed by atoms with E-state index in [-0.39, 0.29) is 5.69 Å². The van der Waals surface area contributed by atoms with Crippen LogP contribution in [0, 0.1) is 5.82 Å². The second-order valence-electron chi connectivity index (χ2n) is 6.19. The quantitative estimate of drug-likeness (QED) is 0.508. The van der Waals surface area contributed by atoms with Gasteiger partial charge in [-0.1, -0.05) is 12.1 Å². The average Bonchev–Trinajstić information content (AvgIpc) is 3.29. The molecule has 0 aliphatic heterocycles. The zero-order valence-electron chi connectivity index (χ0n) is 15.9. The normalized spacial score (nSPS) is 10.5. The van der Waals surface area contributed by atoms with E-state index in [1.165, 1.54) is 29.5 Å². The number of rotatable bonds is 6. The molecule has 0 unspecified atom stereocenters. The van der Waals surface area contributed by atoms with E-state index in [1.54, 1.807) is 37.6 Å². The van der Waals surface area contributed by atoms with Crippen molar-refractivity contribution in [2.24, 2.45) is 0 Å². The highest BCUT2D eigenvalue weighted by atomic mass is 19.1. The van der Waals surface area contributed by atoms with Crippen molar-refractivity contribution in [3.63, 3.8) is 0 Å². The maximum absolute atomic E-state index is 14.4. The number of nitrogens with one attached hydrogen (secondary N) is 2. The van der Waals surface area contributed by atoms with Gasteiger partial charge in [-0.25, -0.2) is 19.0 Å². The Bertz CT molecular complexity index is 1180. The van der Waals surface area contributed by atoms with Crippen LogP contribution in [0.1, 0.15) is 10.4 Å². The zero-order chi connectivity index (χ0) is 20.9. The molecule has 30 heavy (non-hydrogen) atoms. The number of methoxy groups -OCH3 is 1. The van der Waals surface area contributed by atoms with Gasteiger partial charge in [0, 0.05) is 11.9 Å². The summed E-state index contributed by atoms with van der Waals surface area (Å²) >= 11 is 0. The van der Waals surface area contributed by atoms with E-state index in [4.69, 9.17) is 4.74 Å². The topological polar surface area (TPSA) is 94.0 Å². The Morgan fingerprint density at radius 2 is 2.00 bits per heavy atom. The summed E-state index contributed by atoms with van der Waals surface area (Å²) in [6.07, 6.45) is 4.27. The number of carbonyl (C=O) groups excluding carboxylic acids is 1. The van der Waals surface area contributed by atoms with Gasteiger partial charge in [0.2, 0.25) is 0 Å². The van der Waals surface area contributed by atoms with Crippen LogP contribution >= 0.6 is 0 Å². The molecule has 0 aliphatic rings. The summed E-state index contributed by atoms with van der Waals surface area (Å²) in [5.41, 5.74) is 1.49. The second kappa shape index (κ2) is 8.39. The minimum atomic E-state index is -0.545. The summed E-state index contributed by atoms with van der Waals surface area (Å²) in [5, 5.41) is 9.70. The third-order valence-electron chi connectivity index (χ3n) is 4.28. The molecule has 2 aromatic carbocycles. The van der Waals surface area contributed by atoms with E-state index >= 15 is 0 Å². The molecule has 8 nitrogen and oxygen atoms in total. The average molecular weight is 404 g/mol. The molecule has 2 N–H and O–H groups in total. The van der Waals surface area contributed by atoms with Crippen LogP contribution in [0.2, 0.25) is 0 Å². The molecule has 4 rings (SSSR count). The fourth-order valence-corrected chi connectivity index (χ4v) is 2.87. The van der Waals surface area contributed by atoms with Crippen LogP contribution in [0.3, 0.4) is 0 Å². The van der Waals surface area contributed by atoms with E-state index in [2.05, 4.69) is 25.7 Å². The lowest BCUT2D eigenvalue weighted by atomic mass is 10.2. The van der Waals surface area contributed by atoms with Crippen LogP contribution in [0.5, 0.6) is 5.75 Å². The first-order valence-electron chi connectivity index (χ1n) is 8.96. The second-order valence-corrected chi connectivity index (χ2v) is 6.19. The summed E-state index contributed by atoms with van der Waals surface area (Å²) in [6, 6.07) is 14.9. The predicted molar refractivity (Wildman–Crippen MR) is 110 cm³/mol. The first kappa shape index (κ1) is 19.1. The number of benzene rings is 2. The van der Waals surface area contributed by atoms with Crippen LogP contribution in [-0.4, -0.2) is 32.8 Å². The number of nitrogens with zero attached hydrogens (tertiary/aromatic N) is 4. The minimum absolute atomic E-state index is 0.227. The summed E-state index contributed by atoms with van der Waals surface area (Å²) in [4.78, 5) is 20.9. The lowest BCUT2D eigenvalue weighted by molar-refractivity contribution is 0.102. The Morgan fingerprint density at radius 3 is 2.77 bits per heavy atom. The first-order chi connectivity index (χ1) is 14.7. The number of aromatic nitrogens is 4. The fourth-order valence-electron chi connectivity index (χ4n) is 2.87. The Hall–Kier alpha value is -4.27. The van der Waals surface area contributed by atoms with Crippen molar-refractivity contribution in [2.75, 3.05) is 17.7 Å². The number of anilines is 3. The number of para-hydroxylation sites is 2. The number of carbonyl (C=O) groups is 1. The van der Waals surface area contributed by atoms with Gasteiger partial charge in [-0.3, -0.25) is 4.79 Å². The number of halogens is 1. The lowest BCUT2D eigenvalue weighted by Crippen LogP contribution is -2.15. The van der Waals surface area contributed by atoms with Gasteiger partial charge in [-0.2, -0.15) is 5.10 Å². The van der Waals surface area contributed by atoms with Crippen molar-refractivity contribution in [3.05, 3.63) is 84.8 Å². The lowest BCUT2D eigenvalue weighted by Gasteiger charge is -2.14. The maximum Gasteiger partial charge on any atom is 0.259 e. The molecule has 1 amide bonds. The van der Waals surface area contributed by atoms with Gasteiger partial charge >= 0.3 is 0 Å². The van der Waals surface area contributed by atoms with Crippen molar-refractivity contribution < 1.29 is 13.9 Å². The van der Waals surface area contributed by atoms with Crippen molar-refractivity contribution in [1.29, 1.82) is 0 Å². The third-order valence-corrected chi connectivity index (χ3v) is 4.28. The smallest absolute Gasteiger partial charge is 0.259 e. The molecule has 0 saturated carbocycles. The van der Waals surface area contributed by atoms with Gasteiger partial charge in [0.25, 0.3) is 5.91 Å². The van der Waals surface area contributed by atoms with E-state index in [9.17, 15) is 9.18 Å². The molecule has 0 radical (unpaired) electrons. The molecule has 4 aromatic rings. The zero-order valence-corrected chi connectivity index (χ0v) is 15.9. The molecular weight excluding hydrogens is 387 g/mol. The number of ether oxygens (including phenoxy) is 1. The molecule has 0 spiro atoms. The summed E-state index contributed by atoms with van der Waals surface area (Å²) < 4.78 is 21.1. The van der Waals surface area contributed by atoms with Crippen molar-refractivity contribution in [2.45, 2.75) is 0 Å². The van der Waals surface area contributed by atoms with Crippen LogP contribution in [0.4, 0.5) is 21.6 Å². The summed E-state index contributed by atoms with van der Waals surface area (Å²) in [5.74, 6) is -0.0234. The number of hydrogen-bond acceptors (Lipinski definition) is 6. The molecule has 150 valence electrons. The van der Waals surface area contributed by atoms with Gasteiger partial charge in [0.05, 0.1) is 18.4 Å². The standard InChI is InChI=1S/C21H17FN6O2/c1-30-19-7-3-2-6-17(19)27-20-15(5-4-10-24-20)21(29)26-14-8-9-18(16(22)11-14)28-13-23-12-25-28/h2-13H,1H3,(H,24,27)(H,26,29). The van der Waals surface area contributed by atoms with Crippen LogP contribution in [-0.2, 0) is 0 Å². The largest absolute Gasteiger partial charge is 0.495 e. The fraction of sp³-hybridized carbons (Fsp3) is 0.0476. The van der Waals surface area contributed by atoms with E-state index in [0.29, 0.717) is 28.5 Å². The van der Waals surface area contributed by atoms with Gasteiger partial charge in [0.15, 0.2) is 5.82 Å².